The number of hydrazine groups is 1. The zero-order valence-corrected chi connectivity index (χ0v) is 18.3. The fourth-order valence-electron chi connectivity index (χ4n) is 2.61. The number of thiocarbonyl (C=S) groups is 1. The van der Waals surface area contributed by atoms with Crippen molar-refractivity contribution in [1.82, 2.24) is 16.2 Å². The van der Waals surface area contributed by atoms with Gasteiger partial charge in [-0.15, -0.1) is 0 Å². The van der Waals surface area contributed by atoms with Crippen LogP contribution in [0.2, 0.25) is 0 Å². The second kappa shape index (κ2) is 11.2. The highest BCUT2D eigenvalue weighted by Gasteiger charge is 2.15. The van der Waals surface area contributed by atoms with Crippen molar-refractivity contribution in [2.24, 2.45) is 0 Å². The molecular weight excluding hydrogens is 402 g/mol. The van der Waals surface area contributed by atoms with Crippen molar-refractivity contribution >= 4 is 29.1 Å². The number of hydrogen-bond acceptors (Lipinski definition) is 5. The minimum absolute atomic E-state index is 0.0460. The van der Waals surface area contributed by atoms with Crippen LogP contribution >= 0.6 is 12.2 Å². The molecule has 0 radical (unpaired) electrons. The van der Waals surface area contributed by atoms with Crippen molar-refractivity contribution in [3.8, 4) is 11.5 Å². The first-order valence-corrected chi connectivity index (χ1v) is 10.1. The fraction of sp³-hybridized carbons (Fsp3) is 0.318. The van der Waals surface area contributed by atoms with Gasteiger partial charge < -0.3 is 9.47 Å². The molecule has 2 amide bonds. The third-order valence-electron chi connectivity index (χ3n) is 3.94. The highest BCUT2D eigenvalue weighted by molar-refractivity contribution is 7.80. The lowest BCUT2D eigenvalue weighted by molar-refractivity contribution is -0.123. The predicted octanol–water partition coefficient (Wildman–Crippen LogP) is 3.31. The highest BCUT2D eigenvalue weighted by atomic mass is 32.1. The van der Waals surface area contributed by atoms with Crippen LogP contribution in [-0.4, -0.2) is 29.6 Å². The van der Waals surface area contributed by atoms with Crippen LogP contribution < -0.4 is 25.6 Å². The highest BCUT2D eigenvalue weighted by Crippen LogP contribution is 2.25. The van der Waals surface area contributed by atoms with Crippen LogP contribution in [0.5, 0.6) is 11.5 Å². The zero-order valence-electron chi connectivity index (χ0n) is 17.5. The number of carbonyl (C=O) groups excluding carboxylic acids is 2. The van der Waals surface area contributed by atoms with E-state index in [4.69, 9.17) is 21.7 Å². The van der Waals surface area contributed by atoms with Crippen LogP contribution in [0.4, 0.5) is 0 Å². The van der Waals surface area contributed by atoms with Gasteiger partial charge in [0.25, 0.3) is 11.8 Å². The maximum atomic E-state index is 12.5. The van der Waals surface area contributed by atoms with Gasteiger partial charge in [-0.1, -0.05) is 44.2 Å². The van der Waals surface area contributed by atoms with E-state index in [1.165, 1.54) is 0 Å². The summed E-state index contributed by atoms with van der Waals surface area (Å²) in [7, 11) is 0. The number of para-hydroxylation sites is 2. The monoisotopic (exact) mass is 429 g/mol. The van der Waals surface area contributed by atoms with Crippen LogP contribution in [0.1, 0.15) is 49.5 Å². The average Bonchev–Trinajstić information content (AvgIpc) is 2.70. The lowest BCUT2D eigenvalue weighted by atomic mass is 10.0. The summed E-state index contributed by atoms with van der Waals surface area (Å²) in [5.74, 6) is 0.496. The zero-order chi connectivity index (χ0) is 22.1. The Morgan fingerprint density at radius 2 is 1.57 bits per heavy atom. The molecule has 3 N–H and O–H groups in total. The van der Waals surface area contributed by atoms with Gasteiger partial charge in [-0.05, 0) is 55.7 Å². The average molecular weight is 430 g/mol. The van der Waals surface area contributed by atoms with Crippen LogP contribution in [-0.2, 0) is 4.79 Å². The molecule has 0 atom stereocenters. The van der Waals surface area contributed by atoms with Crippen LogP contribution in [0, 0.1) is 0 Å². The van der Waals surface area contributed by atoms with E-state index in [9.17, 15) is 9.59 Å². The number of ether oxygens (including phenoxy) is 2. The second-order valence-electron chi connectivity index (χ2n) is 7.10. The molecule has 0 unspecified atom stereocenters. The molecule has 7 nitrogen and oxygen atoms in total. The number of carbonyl (C=O) groups is 2. The van der Waals surface area contributed by atoms with Gasteiger partial charge in [-0.2, -0.15) is 0 Å². The summed E-state index contributed by atoms with van der Waals surface area (Å²) < 4.78 is 11.2. The van der Waals surface area contributed by atoms with Gasteiger partial charge in [0.05, 0.1) is 11.7 Å². The topological polar surface area (TPSA) is 88.7 Å². The summed E-state index contributed by atoms with van der Waals surface area (Å²) >= 11 is 5.07. The van der Waals surface area contributed by atoms with Gasteiger partial charge in [0.15, 0.2) is 11.7 Å². The molecule has 0 saturated heterocycles. The smallest absolute Gasteiger partial charge is 0.276 e. The Kier molecular flexibility index (Phi) is 8.61. The number of hydrogen-bond donors (Lipinski definition) is 3. The van der Waals surface area contributed by atoms with Crippen molar-refractivity contribution in [2.75, 3.05) is 6.61 Å². The number of benzene rings is 2. The lowest BCUT2D eigenvalue weighted by Gasteiger charge is -2.16. The first kappa shape index (κ1) is 23.2. The van der Waals surface area contributed by atoms with Gasteiger partial charge in [0, 0.05) is 0 Å². The van der Waals surface area contributed by atoms with E-state index in [0.717, 1.165) is 5.56 Å². The summed E-state index contributed by atoms with van der Waals surface area (Å²) in [4.78, 5) is 24.5. The molecule has 0 aliphatic rings. The molecule has 2 rings (SSSR count). The van der Waals surface area contributed by atoms with E-state index < -0.39 is 11.8 Å². The molecule has 0 bridgehead atoms. The molecule has 0 heterocycles. The van der Waals surface area contributed by atoms with Crippen molar-refractivity contribution in [1.29, 1.82) is 0 Å². The molecule has 8 heteroatoms. The summed E-state index contributed by atoms with van der Waals surface area (Å²) in [5.41, 5.74) is 6.26. The van der Waals surface area contributed by atoms with E-state index in [-0.39, 0.29) is 23.7 Å². The number of nitrogens with one attached hydrogen (secondary N) is 3. The second-order valence-corrected chi connectivity index (χ2v) is 7.51. The van der Waals surface area contributed by atoms with E-state index in [0.29, 0.717) is 17.1 Å². The van der Waals surface area contributed by atoms with E-state index >= 15 is 0 Å². The predicted molar refractivity (Wildman–Crippen MR) is 120 cm³/mol. The van der Waals surface area contributed by atoms with Gasteiger partial charge in [-0.3, -0.25) is 25.8 Å². The summed E-state index contributed by atoms with van der Waals surface area (Å²) in [6.07, 6.45) is -0.0795. The maximum absolute atomic E-state index is 12.5. The minimum atomic E-state index is -0.444. The van der Waals surface area contributed by atoms with Crippen molar-refractivity contribution < 1.29 is 19.1 Å². The Hall–Kier alpha value is -3.13. The molecular formula is C22H27N3O4S. The standard InChI is InChI=1S/C22H27N3O4S/c1-14(2)16-9-5-7-11-18(16)28-13-20(26)24-25-22(30)23-21(27)17-10-6-8-12-19(17)29-15(3)4/h5-12,14-15H,13H2,1-4H3,(H,24,26)(H2,23,25,27,30). The third kappa shape index (κ3) is 7.04. The minimum Gasteiger partial charge on any atom is -0.490 e. The number of rotatable bonds is 7. The molecule has 160 valence electrons. The van der Waals surface area contributed by atoms with Gasteiger partial charge in [-0.25, -0.2) is 0 Å². The van der Waals surface area contributed by atoms with Gasteiger partial charge >= 0.3 is 0 Å². The third-order valence-corrected chi connectivity index (χ3v) is 4.14. The molecule has 30 heavy (non-hydrogen) atoms. The Bertz CT molecular complexity index is 899. The fourth-order valence-corrected chi connectivity index (χ4v) is 2.75. The van der Waals surface area contributed by atoms with Gasteiger partial charge in [0.1, 0.15) is 11.5 Å². The van der Waals surface area contributed by atoms with Gasteiger partial charge in [0.2, 0.25) is 0 Å². The van der Waals surface area contributed by atoms with E-state index in [2.05, 4.69) is 30.0 Å². The van der Waals surface area contributed by atoms with Crippen molar-refractivity contribution in [2.45, 2.75) is 39.7 Å². The number of amides is 2. The van der Waals surface area contributed by atoms with Crippen molar-refractivity contribution in [3.63, 3.8) is 0 Å². The first-order chi connectivity index (χ1) is 14.3. The quantitative estimate of drug-likeness (QED) is 0.462. The summed E-state index contributed by atoms with van der Waals surface area (Å²) in [6.45, 7) is 7.65. The first-order valence-electron chi connectivity index (χ1n) is 9.65. The summed E-state index contributed by atoms with van der Waals surface area (Å²) in [5, 5.41) is 2.46. The van der Waals surface area contributed by atoms with E-state index in [1.54, 1.807) is 24.3 Å². The largest absolute Gasteiger partial charge is 0.490 e. The molecule has 2 aromatic carbocycles. The van der Waals surface area contributed by atoms with Crippen LogP contribution in [0.25, 0.3) is 0 Å². The molecule has 0 saturated carbocycles. The Morgan fingerprint density at radius 1 is 0.933 bits per heavy atom. The molecule has 0 fully saturated rings. The lowest BCUT2D eigenvalue weighted by Crippen LogP contribution is -2.49. The van der Waals surface area contributed by atoms with Crippen molar-refractivity contribution in [3.05, 3.63) is 59.7 Å². The van der Waals surface area contributed by atoms with Crippen LogP contribution in [0.3, 0.4) is 0 Å². The molecule has 0 aliphatic carbocycles. The molecule has 0 aliphatic heterocycles. The van der Waals surface area contributed by atoms with E-state index in [1.807, 2.05) is 38.1 Å². The molecule has 0 aromatic heterocycles. The normalized spacial score (nSPS) is 10.5. The van der Waals surface area contributed by atoms with Crippen LogP contribution in [0.15, 0.2) is 48.5 Å². The Labute approximate surface area is 182 Å². The molecule has 2 aromatic rings. The Balaban J connectivity index is 1.84. The summed E-state index contributed by atoms with van der Waals surface area (Å²) in [6, 6.07) is 14.4. The SMILES string of the molecule is CC(C)Oc1ccccc1C(=O)NC(=S)NNC(=O)COc1ccccc1C(C)C. The molecule has 0 spiro atoms. The maximum Gasteiger partial charge on any atom is 0.276 e. The Morgan fingerprint density at radius 3 is 2.23 bits per heavy atom.